The summed E-state index contributed by atoms with van der Waals surface area (Å²) in [6.07, 6.45) is 17.2. The quantitative estimate of drug-likeness (QED) is 0.160. The summed E-state index contributed by atoms with van der Waals surface area (Å²) >= 11 is 0. The Kier molecular flexibility index (Phi) is 15.9. The van der Waals surface area contributed by atoms with Crippen molar-refractivity contribution < 1.29 is 35.9 Å². The Hall–Kier alpha value is -12.8. The number of nitrogens with zero attached hydrogens (tertiary/aromatic N) is 8. The molecule has 12 nitrogen and oxygen atoms in total. The molecule has 0 unspecified atom stereocenters. The molecule has 0 saturated heterocycles. The summed E-state index contributed by atoms with van der Waals surface area (Å²) < 4.78 is 33.9. The molecule has 20 aromatic rings. The molecule has 0 bridgehead atoms. The van der Waals surface area contributed by atoms with Crippen LogP contribution in [0.1, 0.15) is 44.8 Å². The summed E-state index contributed by atoms with van der Waals surface area (Å²) in [7, 11) is 8.17. The average Bonchev–Trinajstić information content (AvgIpc) is 1.59. The Morgan fingerprint density at radius 3 is 1.06 bits per heavy atom. The summed E-state index contributed by atoms with van der Waals surface area (Å²) in [5, 5.41) is 19.2. The normalized spacial score (nSPS) is 11.7. The van der Waals surface area contributed by atoms with Crippen LogP contribution in [0.4, 0.5) is 0 Å². The topological polar surface area (TPSA) is 120 Å². The molecule has 104 heavy (non-hydrogen) atoms. The van der Waals surface area contributed by atoms with E-state index < -0.39 is 0 Å². The van der Waals surface area contributed by atoms with E-state index in [1.54, 1.807) is 12.4 Å². The van der Waals surface area contributed by atoms with Crippen molar-refractivity contribution in [2.45, 2.75) is 55.4 Å². The molecule has 0 aliphatic rings. The van der Waals surface area contributed by atoms with E-state index in [9.17, 15) is 0 Å². The van der Waals surface area contributed by atoms with Gasteiger partial charge in [-0.1, -0.05) is 151 Å². The van der Waals surface area contributed by atoms with Crippen LogP contribution in [0, 0.1) is 55.4 Å². The first-order chi connectivity index (χ1) is 50.6. The molecule has 0 aliphatic carbocycles. The predicted octanol–water partition coefficient (Wildman–Crippen LogP) is 21.0. The van der Waals surface area contributed by atoms with Crippen LogP contribution in [0.2, 0.25) is 0 Å². The zero-order valence-corrected chi connectivity index (χ0v) is 60.3. The molecule has 0 fully saturated rings. The summed E-state index contributed by atoms with van der Waals surface area (Å²) in [6.45, 7) is 16.9. The molecule has 12 aromatic carbocycles. The minimum atomic E-state index is 0.923. The molecule has 8 heterocycles. The molecule has 8 aromatic heterocycles. The van der Waals surface area contributed by atoms with Crippen LogP contribution in [0.15, 0.2) is 262 Å². The molecule has 20 rings (SSSR count). The lowest BCUT2D eigenvalue weighted by molar-refractivity contribution is -0.663. The Balaban J connectivity index is 0.000000103. The molecule has 0 spiro atoms. The number of benzene rings is 12. The van der Waals surface area contributed by atoms with E-state index in [0.29, 0.717) is 0 Å². The highest BCUT2D eigenvalue weighted by Crippen LogP contribution is 2.45. The Morgan fingerprint density at radius 1 is 0.288 bits per heavy atom. The lowest BCUT2D eigenvalue weighted by Crippen LogP contribution is -2.31. The molecule has 12 heteroatoms. The molecule has 0 saturated carbocycles. The third kappa shape index (κ3) is 10.8. The SMILES string of the molecule is Cc1c[n+](C)c(-c2c(C)ccc3c2oc2ccc4ccccc4c23)cn1.Cc1cc(-c2c(C)c(C)cc3c2oc2ccc4ccccc4c23)[n+](C)cn1.Cc1cc2c(oc3ccc4ccccc4c32)c(-c2cncc[n+]2C)c1C.Cc1ccc2c(oc3ccc4ccccc4c32)c1-c1cncc[n+]1C. The van der Waals surface area contributed by atoms with E-state index in [2.05, 4.69) is 275 Å². The van der Waals surface area contributed by atoms with Crippen molar-refractivity contribution in [3.05, 3.63) is 289 Å². The van der Waals surface area contributed by atoms with Gasteiger partial charge in [0.05, 0.1) is 60.3 Å². The second kappa shape index (κ2) is 25.7. The van der Waals surface area contributed by atoms with Crippen molar-refractivity contribution >= 4 is 131 Å². The van der Waals surface area contributed by atoms with Crippen molar-refractivity contribution in [1.82, 2.24) is 19.9 Å². The van der Waals surface area contributed by atoms with Crippen molar-refractivity contribution in [2.24, 2.45) is 28.2 Å². The first kappa shape index (κ1) is 64.6. The van der Waals surface area contributed by atoms with Gasteiger partial charge < -0.3 is 17.7 Å². The fraction of sp³-hybridized carbons (Fsp3) is 0.130. The third-order valence-corrected chi connectivity index (χ3v) is 21.1. The summed E-state index contributed by atoms with van der Waals surface area (Å²) in [5.74, 6) is 0. The molecule has 0 atom stereocenters. The monoisotopic (exact) mass is 1360 g/mol. The van der Waals surface area contributed by atoms with E-state index in [4.69, 9.17) is 17.7 Å². The number of fused-ring (bicyclic) bond motifs is 20. The lowest BCUT2D eigenvalue weighted by atomic mass is 9.95. The highest BCUT2D eigenvalue weighted by Gasteiger charge is 2.27. The molecule has 0 amide bonds. The number of aryl methyl sites for hydroxylation is 10. The maximum absolute atomic E-state index is 6.44. The first-order valence-corrected chi connectivity index (χ1v) is 35.2. The number of furan rings is 4. The number of rotatable bonds is 4. The average molecular weight is 1360 g/mol. The molecular weight excluding hydrogens is 1280 g/mol. The standard InChI is InChI=1S/C24H21N2O.2C23H19N2O.C22H17N2O/c1-14-11-19-23-18-8-6-5-7-17(18)9-10-21(23)27-24(19)22(16(14)3)20-12-15(2)25-13-26(20)4;1-14-8-10-18-22-17-7-5-4-6-16(17)9-11-20(22)26-23(18)21(14)19-12-24-15(2)13-25(19)3;1-14-12-18-22-17-7-5-4-6-16(17)8-9-20(22)26-23(18)21(15(14)2)19-13-24-10-11-25(19)3;1-14-7-9-17-21-16-6-4-3-5-15(16)8-10-19(21)25-22(17)20(14)18-13-23-11-12-24(18)2/h5-13H,1-4H3;2*4-13H,1-3H3;3-13H,1-2H3/q4*+1. The molecule has 504 valence electrons. The largest absolute Gasteiger partial charge is 0.455 e. The van der Waals surface area contributed by atoms with Gasteiger partial charge in [-0.2, -0.15) is 13.7 Å². The van der Waals surface area contributed by atoms with E-state index in [1.807, 2.05) is 78.5 Å². The number of hydrogen-bond acceptors (Lipinski definition) is 8. The molecular formula is C92H76N8O4+4. The van der Waals surface area contributed by atoms with Gasteiger partial charge >= 0.3 is 0 Å². The highest BCUT2D eigenvalue weighted by atomic mass is 16.3. The van der Waals surface area contributed by atoms with Crippen molar-refractivity contribution in [3.8, 4) is 45.0 Å². The van der Waals surface area contributed by atoms with Gasteiger partial charge in [0.15, 0.2) is 24.3 Å². The Labute approximate surface area is 600 Å². The van der Waals surface area contributed by atoms with Gasteiger partial charge in [0.1, 0.15) is 77.2 Å². The van der Waals surface area contributed by atoms with Gasteiger partial charge in [-0.3, -0.25) is 9.97 Å². The van der Waals surface area contributed by atoms with Crippen LogP contribution in [0.5, 0.6) is 0 Å². The van der Waals surface area contributed by atoms with Crippen LogP contribution in [-0.2, 0) is 28.2 Å². The van der Waals surface area contributed by atoms with Crippen molar-refractivity contribution in [1.29, 1.82) is 0 Å². The van der Waals surface area contributed by atoms with Gasteiger partial charge in [-0.25, -0.2) is 9.55 Å². The van der Waals surface area contributed by atoms with E-state index >= 15 is 0 Å². The lowest BCUT2D eigenvalue weighted by Gasteiger charge is -2.10. The van der Waals surface area contributed by atoms with Gasteiger partial charge in [-0.05, 0) is 161 Å². The van der Waals surface area contributed by atoms with Crippen LogP contribution >= 0.6 is 0 Å². The van der Waals surface area contributed by atoms with Crippen LogP contribution in [-0.4, -0.2) is 19.9 Å². The van der Waals surface area contributed by atoms with Crippen molar-refractivity contribution in [3.63, 3.8) is 0 Å². The Bertz CT molecular complexity index is 6910. The first-order valence-electron chi connectivity index (χ1n) is 35.2. The Morgan fingerprint density at radius 2 is 0.654 bits per heavy atom. The van der Waals surface area contributed by atoms with Gasteiger partial charge in [0.25, 0.3) is 6.33 Å². The third-order valence-electron chi connectivity index (χ3n) is 21.1. The minimum absolute atomic E-state index is 0.923. The van der Waals surface area contributed by atoms with Crippen LogP contribution in [0.25, 0.3) is 176 Å². The fourth-order valence-electron chi connectivity index (χ4n) is 15.5. The summed E-state index contributed by atoms with van der Waals surface area (Å²) in [6, 6.07) is 66.1. The van der Waals surface area contributed by atoms with E-state index in [-0.39, 0.29) is 0 Å². The second-order valence-electron chi connectivity index (χ2n) is 27.7. The predicted molar refractivity (Wildman–Crippen MR) is 420 cm³/mol. The molecule has 0 aliphatic heterocycles. The van der Waals surface area contributed by atoms with Gasteiger partial charge in [-0.15, -0.1) is 0 Å². The van der Waals surface area contributed by atoms with Gasteiger partial charge in [0.2, 0.25) is 17.1 Å². The number of aromatic nitrogens is 8. The second-order valence-corrected chi connectivity index (χ2v) is 27.7. The van der Waals surface area contributed by atoms with Crippen LogP contribution in [0.3, 0.4) is 0 Å². The maximum atomic E-state index is 6.44. The highest BCUT2D eigenvalue weighted by molar-refractivity contribution is 6.24. The van der Waals surface area contributed by atoms with E-state index in [1.165, 1.54) is 109 Å². The summed E-state index contributed by atoms with van der Waals surface area (Å²) in [4.78, 5) is 17.6. The zero-order chi connectivity index (χ0) is 71.3. The van der Waals surface area contributed by atoms with Crippen LogP contribution < -0.4 is 18.3 Å². The summed E-state index contributed by atoms with van der Waals surface area (Å²) in [5.41, 5.74) is 25.6. The number of hydrogen-bond donors (Lipinski definition) is 0. The van der Waals surface area contributed by atoms with Crippen molar-refractivity contribution in [2.75, 3.05) is 0 Å². The van der Waals surface area contributed by atoms with Gasteiger partial charge in [0, 0.05) is 56.1 Å². The zero-order valence-electron chi connectivity index (χ0n) is 60.3. The molecule has 0 radical (unpaired) electrons. The molecule has 0 N–H and O–H groups in total. The fourth-order valence-corrected chi connectivity index (χ4v) is 15.5. The minimum Gasteiger partial charge on any atom is -0.455 e. The smallest absolute Gasteiger partial charge is 0.286 e. The van der Waals surface area contributed by atoms with E-state index in [0.717, 1.165) is 112 Å². The maximum Gasteiger partial charge on any atom is 0.286 e.